The molecule has 0 aliphatic heterocycles. The van der Waals surface area contributed by atoms with Crippen molar-refractivity contribution in [1.29, 1.82) is 0 Å². The first kappa shape index (κ1) is 13.0. The molecule has 2 aromatic rings. The Balaban J connectivity index is 2.17. The average Bonchev–Trinajstić information content (AvgIpc) is 2.40. The molecule has 0 aromatic heterocycles. The van der Waals surface area contributed by atoms with Crippen molar-refractivity contribution in [2.75, 3.05) is 0 Å². The van der Waals surface area contributed by atoms with Gasteiger partial charge in [0.2, 0.25) is 0 Å². The van der Waals surface area contributed by atoms with Crippen molar-refractivity contribution < 1.29 is 9.46 Å². The van der Waals surface area contributed by atoms with Gasteiger partial charge < -0.3 is 4.89 Å². The van der Waals surface area contributed by atoms with Gasteiger partial charge in [0.1, 0.15) is 0 Å². The fourth-order valence-electron chi connectivity index (χ4n) is 1.78. The van der Waals surface area contributed by atoms with E-state index in [0.717, 1.165) is 5.56 Å². The molecule has 0 aliphatic carbocycles. The van der Waals surface area contributed by atoms with Crippen molar-refractivity contribution in [3.05, 3.63) is 66.2 Å². The number of rotatable bonds is 4. The van der Waals surface area contributed by atoms with Gasteiger partial charge in [0, 0.05) is 6.04 Å². The summed E-state index contributed by atoms with van der Waals surface area (Å²) in [5.74, 6) is 0. The molecule has 0 saturated carbocycles. The maximum Gasteiger partial charge on any atom is 0.297 e. The van der Waals surface area contributed by atoms with Crippen LogP contribution in [0.2, 0.25) is 0 Å². The molecule has 18 heavy (non-hydrogen) atoms. The van der Waals surface area contributed by atoms with Gasteiger partial charge in [0.15, 0.2) is 0 Å². The van der Waals surface area contributed by atoms with E-state index in [9.17, 15) is 9.46 Å². The van der Waals surface area contributed by atoms with Crippen LogP contribution in [0, 0.1) is 0 Å². The zero-order chi connectivity index (χ0) is 13.0. The van der Waals surface area contributed by atoms with Crippen LogP contribution in [0.15, 0.2) is 60.7 Å². The Hall–Kier alpha value is -1.41. The van der Waals surface area contributed by atoms with Crippen molar-refractivity contribution in [3.63, 3.8) is 0 Å². The summed E-state index contributed by atoms with van der Waals surface area (Å²) in [6.45, 7) is 1.88. The molecule has 3 nitrogen and oxygen atoms in total. The Morgan fingerprint density at radius 3 is 2.06 bits per heavy atom. The maximum absolute atomic E-state index is 12.2. The summed E-state index contributed by atoms with van der Waals surface area (Å²) in [5, 5.41) is 3.22. The Kier molecular flexibility index (Phi) is 3.97. The van der Waals surface area contributed by atoms with Gasteiger partial charge in [-0.15, -0.1) is 0 Å². The standard InChI is InChI=1S/C14H16NO2P/c1-12(13-8-4-2-5-9-13)15-18(16,17)14-10-6-3-7-11-14/h2-12H,1H3,(H2,15,16,17)/t12-/m0/s1. The summed E-state index contributed by atoms with van der Waals surface area (Å²) in [5.41, 5.74) is 0.989. The molecule has 0 spiro atoms. The zero-order valence-corrected chi connectivity index (χ0v) is 11.0. The van der Waals surface area contributed by atoms with Crippen LogP contribution >= 0.6 is 7.52 Å². The maximum atomic E-state index is 12.2. The molecule has 0 radical (unpaired) electrons. The molecular weight excluding hydrogens is 245 g/mol. The highest BCUT2D eigenvalue weighted by Crippen LogP contribution is 2.37. The van der Waals surface area contributed by atoms with Crippen molar-refractivity contribution in [3.8, 4) is 0 Å². The van der Waals surface area contributed by atoms with Crippen LogP contribution in [0.4, 0.5) is 0 Å². The summed E-state index contributed by atoms with van der Waals surface area (Å²) < 4.78 is 12.2. The van der Waals surface area contributed by atoms with Gasteiger partial charge >= 0.3 is 0 Å². The summed E-state index contributed by atoms with van der Waals surface area (Å²) in [4.78, 5) is 10.1. The second-order valence-electron chi connectivity index (χ2n) is 4.17. The molecule has 4 heteroatoms. The molecule has 0 aliphatic rings. The largest absolute Gasteiger partial charge is 0.330 e. The third kappa shape index (κ3) is 3.08. The van der Waals surface area contributed by atoms with Crippen LogP contribution < -0.4 is 10.4 Å². The molecule has 1 unspecified atom stereocenters. The quantitative estimate of drug-likeness (QED) is 0.832. The molecule has 2 rings (SSSR count). The van der Waals surface area contributed by atoms with E-state index in [4.69, 9.17) is 0 Å². The lowest BCUT2D eigenvalue weighted by Gasteiger charge is -2.19. The van der Waals surface area contributed by atoms with E-state index in [1.54, 1.807) is 24.3 Å². The van der Waals surface area contributed by atoms with Gasteiger partial charge in [-0.2, -0.15) is 0 Å². The molecule has 0 saturated heterocycles. The summed E-state index contributed by atoms with van der Waals surface area (Å²) >= 11 is 0. The van der Waals surface area contributed by atoms with E-state index < -0.39 is 7.52 Å². The van der Waals surface area contributed by atoms with Crippen LogP contribution in [0.3, 0.4) is 0 Å². The van der Waals surface area contributed by atoms with Crippen LogP contribution in [0.25, 0.3) is 0 Å². The highest BCUT2D eigenvalue weighted by molar-refractivity contribution is 7.64. The predicted octanol–water partition coefficient (Wildman–Crippen LogP) is 2.85. The van der Waals surface area contributed by atoms with Crippen molar-refractivity contribution in [2.45, 2.75) is 13.0 Å². The van der Waals surface area contributed by atoms with Crippen molar-refractivity contribution >= 4 is 12.8 Å². The number of nitrogens with one attached hydrogen (secondary N) is 1. The molecule has 0 bridgehead atoms. The van der Waals surface area contributed by atoms with E-state index in [1.165, 1.54) is 0 Å². The summed E-state index contributed by atoms with van der Waals surface area (Å²) in [6, 6.07) is 18.1. The lowest BCUT2D eigenvalue weighted by Crippen LogP contribution is -2.22. The van der Waals surface area contributed by atoms with Gasteiger partial charge in [-0.1, -0.05) is 48.5 Å². The van der Waals surface area contributed by atoms with Crippen molar-refractivity contribution in [1.82, 2.24) is 5.09 Å². The fourth-order valence-corrected chi connectivity index (χ4v) is 3.18. The SMILES string of the molecule is C[C@H](NP(=O)(O)c1ccccc1)c1ccccc1. The van der Waals surface area contributed by atoms with Gasteiger partial charge in [-0.05, 0) is 24.6 Å². The second-order valence-corrected chi connectivity index (χ2v) is 6.10. The van der Waals surface area contributed by atoms with E-state index in [2.05, 4.69) is 5.09 Å². The van der Waals surface area contributed by atoms with E-state index in [1.807, 2.05) is 43.3 Å². The normalized spacial score (nSPS) is 15.9. The van der Waals surface area contributed by atoms with Gasteiger partial charge in [-0.25, -0.2) is 5.09 Å². The zero-order valence-electron chi connectivity index (χ0n) is 10.2. The predicted molar refractivity (Wildman–Crippen MR) is 73.9 cm³/mol. The molecule has 2 atom stereocenters. The highest BCUT2D eigenvalue weighted by atomic mass is 31.2. The molecule has 0 fully saturated rings. The molecule has 0 heterocycles. The van der Waals surface area contributed by atoms with Crippen molar-refractivity contribution in [2.24, 2.45) is 0 Å². The smallest absolute Gasteiger partial charge is 0.297 e. The van der Waals surface area contributed by atoms with Crippen LogP contribution in [0.5, 0.6) is 0 Å². The monoisotopic (exact) mass is 261 g/mol. The average molecular weight is 261 g/mol. The minimum Gasteiger partial charge on any atom is -0.330 e. The lowest BCUT2D eigenvalue weighted by molar-refractivity contribution is 0.465. The Bertz CT molecular complexity index is 542. The molecule has 2 aromatic carbocycles. The number of hydrogen-bond donors (Lipinski definition) is 2. The molecule has 0 amide bonds. The first-order valence-corrected chi connectivity index (χ1v) is 7.47. The van der Waals surface area contributed by atoms with E-state index >= 15 is 0 Å². The Morgan fingerprint density at radius 1 is 1.00 bits per heavy atom. The van der Waals surface area contributed by atoms with E-state index in [-0.39, 0.29) is 6.04 Å². The summed E-state index contributed by atoms with van der Waals surface area (Å²) in [7, 11) is -3.52. The number of benzene rings is 2. The minimum absolute atomic E-state index is 0.178. The Morgan fingerprint density at radius 2 is 1.50 bits per heavy atom. The second kappa shape index (κ2) is 5.49. The van der Waals surface area contributed by atoms with Gasteiger partial charge in [-0.3, -0.25) is 4.57 Å². The topological polar surface area (TPSA) is 49.3 Å². The van der Waals surface area contributed by atoms with E-state index in [0.29, 0.717) is 5.30 Å². The summed E-state index contributed by atoms with van der Waals surface area (Å²) in [6.07, 6.45) is 0. The third-order valence-electron chi connectivity index (χ3n) is 2.77. The molecule has 94 valence electrons. The van der Waals surface area contributed by atoms with Gasteiger partial charge in [0.05, 0.1) is 5.30 Å². The first-order chi connectivity index (χ1) is 8.59. The Labute approximate surface area is 107 Å². The van der Waals surface area contributed by atoms with Gasteiger partial charge in [0.25, 0.3) is 7.52 Å². The minimum atomic E-state index is -3.52. The highest BCUT2D eigenvalue weighted by Gasteiger charge is 2.23. The van der Waals surface area contributed by atoms with Crippen LogP contribution in [-0.4, -0.2) is 4.89 Å². The van der Waals surface area contributed by atoms with Crippen LogP contribution in [0.1, 0.15) is 18.5 Å². The third-order valence-corrected chi connectivity index (χ3v) is 4.51. The first-order valence-electron chi connectivity index (χ1n) is 5.81. The molecular formula is C14H16NO2P. The van der Waals surface area contributed by atoms with Crippen LogP contribution in [-0.2, 0) is 4.57 Å². The molecule has 2 N–H and O–H groups in total. The number of hydrogen-bond acceptors (Lipinski definition) is 1. The fraction of sp³-hybridized carbons (Fsp3) is 0.143. The lowest BCUT2D eigenvalue weighted by atomic mass is 10.1.